The Morgan fingerprint density at radius 1 is 1.04 bits per heavy atom. The first kappa shape index (κ1) is 18.9. The average molecular weight is 392 g/mol. The van der Waals surface area contributed by atoms with Crippen molar-refractivity contribution in [1.29, 1.82) is 0 Å². The third-order valence-electron chi connectivity index (χ3n) is 6.47. The first-order valence-electron chi connectivity index (χ1n) is 10.1. The zero-order chi connectivity index (χ0) is 19.0. The van der Waals surface area contributed by atoms with Crippen LogP contribution in [0.5, 0.6) is 0 Å². The summed E-state index contributed by atoms with van der Waals surface area (Å²) in [5, 5.41) is 2.96. The molecular weight excluding hydrogens is 362 g/mol. The van der Waals surface area contributed by atoms with Crippen molar-refractivity contribution >= 4 is 21.6 Å². The molecule has 2 bridgehead atoms. The number of nitrogens with one attached hydrogen (secondary N) is 2. The van der Waals surface area contributed by atoms with Crippen molar-refractivity contribution in [3.8, 4) is 0 Å². The SMILES string of the molecule is NC1C2CCCC1CC(C(=O)Nc1ccc(S(=O)(=O)NCC3CC3)cc1)C2. The Balaban J connectivity index is 1.36. The highest BCUT2D eigenvalue weighted by Gasteiger charge is 2.40. The van der Waals surface area contributed by atoms with Crippen molar-refractivity contribution in [2.24, 2.45) is 29.4 Å². The van der Waals surface area contributed by atoms with E-state index in [1.54, 1.807) is 24.3 Å². The second-order valence-corrected chi connectivity index (χ2v) is 10.3. The largest absolute Gasteiger partial charge is 0.327 e. The minimum Gasteiger partial charge on any atom is -0.327 e. The molecule has 2 unspecified atom stereocenters. The summed E-state index contributed by atoms with van der Waals surface area (Å²) in [6.45, 7) is 0.507. The van der Waals surface area contributed by atoms with E-state index in [2.05, 4.69) is 10.0 Å². The zero-order valence-corrected chi connectivity index (χ0v) is 16.4. The van der Waals surface area contributed by atoms with Crippen molar-refractivity contribution < 1.29 is 13.2 Å². The molecule has 0 aromatic heterocycles. The molecule has 3 aliphatic rings. The van der Waals surface area contributed by atoms with Gasteiger partial charge in [0.2, 0.25) is 15.9 Å². The van der Waals surface area contributed by atoms with Crippen molar-refractivity contribution in [2.75, 3.05) is 11.9 Å². The van der Waals surface area contributed by atoms with Gasteiger partial charge in [0, 0.05) is 24.2 Å². The number of benzene rings is 1. The fourth-order valence-corrected chi connectivity index (χ4v) is 5.71. The molecule has 2 atom stereocenters. The highest BCUT2D eigenvalue weighted by Crippen LogP contribution is 2.42. The Morgan fingerprint density at radius 2 is 1.67 bits per heavy atom. The molecule has 4 rings (SSSR count). The summed E-state index contributed by atoms with van der Waals surface area (Å²) in [5.41, 5.74) is 6.95. The molecule has 7 heteroatoms. The molecule has 1 aromatic carbocycles. The lowest BCUT2D eigenvalue weighted by Gasteiger charge is -2.43. The van der Waals surface area contributed by atoms with E-state index in [0.717, 1.165) is 38.5 Å². The first-order chi connectivity index (χ1) is 12.9. The van der Waals surface area contributed by atoms with Gasteiger partial charge in [-0.2, -0.15) is 0 Å². The summed E-state index contributed by atoms with van der Waals surface area (Å²) in [7, 11) is -3.47. The van der Waals surface area contributed by atoms with E-state index < -0.39 is 10.0 Å². The van der Waals surface area contributed by atoms with Crippen molar-refractivity contribution in [2.45, 2.75) is 55.9 Å². The van der Waals surface area contributed by atoms with Crippen LogP contribution in [0.15, 0.2) is 29.2 Å². The first-order valence-corrected chi connectivity index (χ1v) is 11.6. The van der Waals surface area contributed by atoms with Gasteiger partial charge in [0.1, 0.15) is 0 Å². The Morgan fingerprint density at radius 3 is 2.26 bits per heavy atom. The summed E-state index contributed by atoms with van der Waals surface area (Å²) in [6, 6.07) is 6.68. The second-order valence-electron chi connectivity index (χ2n) is 8.51. The van der Waals surface area contributed by atoms with E-state index in [1.165, 1.54) is 6.42 Å². The average Bonchev–Trinajstić information content (AvgIpc) is 3.45. The maximum atomic E-state index is 12.7. The van der Waals surface area contributed by atoms with Gasteiger partial charge in [0.05, 0.1) is 4.90 Å². The Hall–Kier alpha value is -1.44. The van der Waals surface area contributed by atoms with Crippen LogP contribution in [0.2, 0.25) is 0 Å². The van der Waals surface area contributed by atoms with E-state index in [0.29, 0.717) is 30.0 Å². The van der Waals surface area contributed by atoms with Crippen molar-refractivity contribution in [3.63, 3.8) is 0 Å². The van der Waals surface area contributed by atoms with Crippen LogP contribution in [-0.4, -0.2) is 26.9 Å². The maximum Gasteiger partial charge on any atom is 0.240 e. The monoisotopic (exact) mass is 391 g/mol. The van der Waals surface area contributed by atoms with Gasteiger partial charge >= 0.3 is 0 Å². The van der Waals surface area contributed by atoms with Crippen LogP contribution in [0.3, 0.4) is 0 Å². The molecule has 27 heavy (non-hydrogen) atoms. The second kappa shape index (κ2) is 7.53. The lowest BCUT2D eigenvalue weighted by atomic mass is 9.65. The van der Waals surface area contributed by atoms with Crippen LogP contribution in [0.25, 0.3) is 0 Å². The van der Waals surface area contributed by atoms with Crippen LogP contribution in [0, 0.1) is 23.7 Å². The molecule has 1 aromatic rings. The predicted molar refractivity (Wildman–Crippen MR) is 105 cm³/mol. The van der Waals surface area contributed by atoms with E-state index in [-0.39, 0.29) is 22.8 Å². The maximum absolute atomic E-state index is 12.7. The Kier molecular flexibility index (Phi) is 5.27. The highest BCUT2D eigenvalue weighted by atomic mass is 32.2. The zero-order valence-electron chi connectivity index (χ0n) is 15.6. The van der Waals surface area contributed by atoms with Gasteiger partial charge in [-0.25, -0.2) is 13.1 Å². The third-order valence-corrected chi connectivity index (χ3v) is 7.91. The Labute approximate surface area is 161 Å². The van der Waals surface area contributed by atoms with Crippen LogP contribution >= 0.6 is 0 Å². The molecular formula is C20H29N3O3S. The summed E-state index contributed by atoms with van der Waals surface area (Å²) >= 11 is 0. The molecule has 1 amide bonds. The predicted octanol–water partition coefficient (Wildman–Crippen LogP) is 2.47. The number of amides is 1. The molecule has 3 fully saturated rings. The molecule has 0 radical (unpaired) electrons. The van der Waals surface area contributed by atoms with Crippen LogP contribution < -0.4 is 15.8 Å². The van der Waals surface area contributed by atoms with Gasteiger partial charge in [0.15, 0.2) is 0 Å². The van der Waals surface area contributed by atoms with Crippen LogP contribution in [-0.2, 0) is 14.8 Å². The number of carbonyl (C=O) groups is 1. The fraction of sp³-hybridized carbons (Fsp3) is 0.650. The highest BCUT2D eigenvalue weighted by molar-refractivity contribution is 7.89. The van der Waals surface area contributed by atoms with Crippen molar-refractivity contribution in [1.82, 2.24) is 4.72 Å². The van der Waals surface area contributed by atoms with Gasteiger partial charge in [-0.05, 0) is 80.5 Å². The molecule has 3 aliphatic carbocycles. The van der Waals surface area contributed by atoms with Crippen LogP contribution in [0.1, 0.15) is 44.9 Å². The molecule has 3 saturated carbocycles. The standard InChI is InChI=1S/C20H29N3O3S/c21-19-14-2-1-3-15(19)11-16(10-14)20(24)23-17-6-8-18(9-7-17)27(25,26)22-12-13-4-5-13/h6-9,13-16,19,22H,1-5,10-12,21H2,(H,23,24). The summed E-state index contributed by atoms with van der Waals surface area (Å²) in [6.07, 6.45) is 7.40. The molecule has 0 aliphatic heterocycles. The number of anilines is 1. The van der Waals surface area contributed by atoms with Gasteiger partial charge in [-0.15, -0.1) is 0 Å². The van der Waals surface area contributed by atoms with Crippen molar-refractivity contribution in [3.05, 3.63) is 24.3 Å². The molecule has 0 heterocycles. The smallest absolute Gasteiger partial charge is 0.240 e. The lowest BCUT2D eigenvalue weighted by molar-refractivity contribution is -0.122. The van der Waals surface area contributed by atoms with E-state index in [1.807, 2.05) is 0 Å². The number of fused-ring (bicyclic) bond motifs is 2. The number of hydrogen-bond donors (Lipinski definition) is 3. The number of rotatable bonds is 6. The van der Waals surface area contributed by atoms with Gasteiger partial charge in [0.25, 0.3) is 0 Å². The summed E-state index contributed by atoms with van der Waals surface area (Å²) in [5.74, 6) is 1.43. The van der Waals surface area contributed by atoms with Gasteiger partial charge in [-0.1, -0.05) is 6.42 Å². The number of nitrogens with two attached hydrogens (primary N) is 1. The minimum absolute atomic E-state index is 0.00344. The van der Waals surface area contributed by atoms with Crippen LogP contribution in [0.4, 0.5) is 5.69 Å². The lowest BCUT2D eigenvalue weighted by Crippen LogP contribution is -2.48. The molecule has 6 nitrogen and oxygen atoms in total. The topological polar surface area (TPSA) is 101 Å². The molecule has 0 spiro atoms. The third kappa shape index (κ3) is 4.36. The van der Waals surface area contributed by atoms with E-state index in [4.69, 9.17) is 5.73 Å². The number of carbonyl (C=O) groups excluding carboxylic acids is 1. The Bertz CT molecular complexity index is 775. The number of hydrogen-bond acceptors (Lipinski definition) is 4. The molecule has 4 N–H and O–H groups in total. The molecule has 148 valence electrons. The van der Waals surface area contributed by atoms with Gasteiger partial charge < -0.3 is 11.1 Å². The van der Waals surface area contributed by atoms with Gasteiger partial charge in [-0.3, -0.25) is 4.79 Å². The summed E-state index contributed by atoms with van der Waals surface area (Å²) < 4.78 is 27.2. The quantitative estimate of drug-likeness (QED) is 0.693. The minimum atomic E-state index is -3.47. The normalized spacial score (nSPS) is 30.7. The van der Waals surface area contributed by atoms with E-state index in [9.17, 15) is 13.2 Å². The number of sulfonamides is 1. The summed E-state index contributed by atoms with van der Waals surface area (Å²) in [4.78, 5) is 12.9. The molecule has 0 saturated heterocycles. The van der Waals surface area contributed by atoms with E-state index >= 15 is 0 Å². The fourth-order valence-electron chi connectivity index (χ4n) is 4.60.